The predicted octanol–water partition coefficient (Wildman–Crippen LogP) is 1.69. The molecule has 2 aliphatic heterocycles. The van der Waals surface area contributed by atoms with Gasteiger partial charge in [-0.25, -0.2) is 0 Å². The number of hydrogen-bond acceptors (Lipinski definition) is 4. The molecule has 0 spiro atoms. The van der Waals surface area contributed by atoms with Crippen molar-refractivity contribution in [2.75, 3.05) is 19.7 Å². The molecule has 1 unspecified atom stereocenters. The van der Waals surface area contributed by atoms with Crippen molar-refractivity contribution < 1.29 is 14.7 Å². The monoisotopic (exact) mass is 274 g/mol. The fourth-order valence-corrected chi connectivity index (χ4v) is 2.83. The molecule has 106 valence electrons. The number of para-hydroxylation sites is 1. The lowest BCUT2D eigenvalue weighted by Crippen LogP contribution is -2.44. The average Bonchev–Trinajstić information content (AvgIpc) is 2.54. The maximum atomic E-state index is 12.5. The van der Waals surface area contributed by atoms with Gasteiger partial charge in [0.2, 0.25) is 5.91 Å². The van der Waals surface area contributed by atoms with E-state index in [1.807, 2.05) is 29.2 Å². The molecule has 3 rings (SSSR count). The Morgan fingerprint density at radius 2 is 2.05 bits per heavy atom. The van der Waals surface area contributed by atoms with Gasteiger partial charge in [-0.05, 0) is 18.1 Å². The summed E-state index contributed by atoms with van der Waals surface area (Å²) in [5.74, 6) is 0.943. The molecule has 1 saturated heterocycles. The van der Waals surface area contributed by atoms with Gasteiger partial charge in [-0.1, -0.05) is 23.4 Å². The molecule has 5 nitrogen and oxygen atoms in total. The van der Waals surface area contributed by atoms with Crippen LogP contribution in [0.3, 0.4) is 0 Å². The van der Waals surface area contributed by atoms with Crippen molar-refractivity contribution in [3.05, 3.63) is 29.8 Å². The zero-order chi connectivity index (χ0) is 13.9. The van der Waals surface area contributed by atoms with Gasteiger partial charge in [-0.2, -0.15) is 0 Å². The first kappa shape index (κ1) is 13.0. The standard InChI is InChI=1S/C15H18N2O3/c18-15(17-7-5-13(16-19)6-8-17)12-9-11-3-1-2-4-14(11)20-10-12/h1-4,12,19H,5-10H2. The quantitative estimate of drug-likeness (QED) is 0.626. The number of carbonyl (C=O) groups is 1. The van der Waals surface area contributed by atoms with Crippen LogP contribution in [0.2, 0.25) is 0 Å². The van der Waals surface area contributed by atoms with Crippen molar-refractivity contribution in [2.45, 2.75) is 19.3 Å². The minimum Gasteiger partial charge on any atom is -0.492 e. The number of benzene rings is 1. The Bertz CT molecular complexity index is 532. The first-order chi connectivity index (χ1) is 9.78. The van der Waals surface area contributed by atoms with Crippen molar-refractivity contribution in [1.82, 2.24) is 4.90 Å². The number of rotatable bonds is 1. The van der Waals surface area contributed by atoms with Crippen LogP contribution in [-0.2, 0) is 11.2 Å². The molecule has 0 aromatic heterocycles. The van der Waals surface area contributed by atoms with Gasteiger partial charge in [-0.3, -0.25) is 4.79 Å². The third-order valence-corrected chi connectivity index (χ3v) is 4.02. The van der Waals surface area contributed by atoms with Gasteiger partial charge in [0.1, 0.15) is 12.4 Å². The second-order valence-electron chi connectivity index (χ2n) is 5.31. The minimum atomic E-state index is -0.0995. The lowest BCUT2D eigenvalue weighted by Gasteiger charge is -2.32. The minimum absolute atomic E-state index is 0.0995. The number of fused-ring (bicyclic) bond motifs is 1. The molecule has 1 atom stereocenters. The molecule has 0 radical (unpaired) electrons. The van der Waals surface area contributed by atoms with Gasteiger partial charge in [-0.15, -0.1) is 0 Å². The van der Waals surface area contributed by atoms with Crippen molar-refractivity contribution >= 4 is 11.6 Å². The van der Waals surface area contributed by atoms with E-state index in [1.165, 1.54) is 0 Å². The van der Waals surface area contributed by atoms with Crippen molar-refractivity contribution in [1.29, 1.82) is 0 Å². The highest BCUT2D eigenvalue weighted by Crippen LogP contribution is 2.28. The molecule has 5 heteroatoms. The normalized spacial score (nSPS) is 21.9. The molecule has 0 aliphatic carbocycles. The summed E-state index contributed by atoms with van der Waals surface area (Å²) in [6.45, 7) is 1.72. The molecule has 1 fully saturated rings. The Hall–Kier alpha value is -2.04. The van der Waals surface area contributed by atoms with Crippen LogP contribution in [0.25, 0.3) is 0 Å². The second-order valence-corrected chi connectivity index (χ2v) is 5.31. The van der Waals surface area contributed by atoms with E-state index in [0.29, 0.717) is 32.5 Å². The van der Waals surface area contributed by atoms with Crippen LogP contribution in [-0.4, -0.2) is 41.4 Å². The number of piperidine rings is 1. The van der Waals surface area contributed by atoms with Crippen LogP contribution in [0.5, 0.6) is 5.75 Å². The van der Waals surface area contributed by atoms with Crippen molar-refractivity contribution in [2.24, 2.45) is 11.1 Å². The summed E-state index contributed by atoms with van der Waals surface area (Å²) in [6.07, 6.45) is 2.06. The molecule has 0 saturated carbocycles. The largest absolute Gasteiger partial charge is 0.492 e. The molecule has 20 heavy (non-hydrogen) atoms. The zero-order valence-corrected chi connectivity index (χ0v) is 11.3. The van der Waals surface area contributed by atoms with Gasteiger partial charge >= 0.3 is 0 Å². The highest BCUT2D eigenvalue weighted by Gasteiger charge is 2.30. The zero-order valence-electron chi connectivity index (χ0n) is 11.3. The van der Waals surface area contributed by atoms with Gasteiger partial charge in [0.25, 0.3) is 0 Å². The van der Waals surface area contributed by atoms with E-state index >= 15 is 0 Å². The lowest BCUT2D eigenvalue weighted by molar-refractivity contribution is -0.137. The number of nitrogens with zero attached hydrogens (tertiary/aromatic N) is 2. The number of carbonyl (C=O) groups excluding carboxylic acids is 1. The lowest BCUT2D eigenvalue weighted by atomic mass is 9.94. The Balaban J connectivity index is 1.65. The third-order valence-electron chi connectivity index (χ3n) is 4.02. The molecule has 2 heterocycles. The van der Waals surface area contributed by atoms with Crippen LogP contribution in [0, 0.1) is 5.92 Å². The molecule has 2 aliphatic rings. The van der Waals surface area contributed by atoms with E-state index in [2.05, 4.69) is 5.16 Å². The molecular formula is C15H18N2O3. The van der Waals surface area contributed by atoms with E-state index in [4.69, 9.17) is 9.94 Å². The van der Waals surface area contributed by atoms with Gasteiger partial charge < -0.3 is 14.8 Å². The highest BCUT2D eigenvalue weighted by atomic mass is 16.5. The first-order valence-electron chi connectivity index (χ1n) is 6.97. The van der Waals surface area contributed by atoms with Crippen LogP contribution in [0.15, 0.2) is 29.4 Å². The van der Waals surface area contributed by atoms with Crippen molar-refractivity contribution in [3.63, 3.8) is 0 Å². The summed E-state index contributed by atoms with van der Waals surface area (Å²) in [7, 11) is 0. The summed E-state index contributed by atoms with van der Waals surface area (Å²) >= 11 is 0. The Labute approximate surface area is 117 Å². The summed E-state index contributed by atoms with van der Waals surface area (Å²) in [4.78, 5) is 14.4. The SMILES string of the molecule is O=C(C1COc2ccccc2C1)N1CCC(=NO)CC1. The average molecular weight is 274 g/mol. The Morgan fingerprint density at radius 3 is 2.80 bits per heavy atom. The second kappa shape index (κ2) is 5.53. The van der Waals surface area contributed by atoms with Crippen LogP contribution >= 0.6 is 0 Å². The van der Waals surface area contributed by atoms with Crippen LogP contribution < -0.4 is 4.74 Å². The number of amides is 1. The Kier molecular flexibility index (Phi) is 3.58. The van der Waals surface area contributed by atoms with Gasteiger partial charge in [0.05, 0.1) is 11.6 Å². The summed E-state index contributed by atoms with van der Waals surface area (Å²) in [5.41, 5.74) is 1.88. The number of likely N-dealkylation sites (tertiary alicyclic amines) is 1. The molecular weight excluding hydrogens is 256 g/mol. The van der Waals surface area contributed by atoms with E-state index in [9.17, 15) is 4.79 Å². The van der Waals surface area contributed by atoms with Gasteiger partial charge in [0, 0.05) is 25.9 Å². The topological polar surface area (TPSA) is 62.1 Å². The predicted molar refractivity (Wildman–Crippen MR) is 74.2 cm³/mol. The summed E-state index contributed by atoms with van der Waals surface area (Å²) in [6, 6.07) is 7.88. The molecule has 1 amide bonds. The van der Waals surface area contributed by atoms with E-state index in [1.54, 1.807) is 0 Å². The fourth-order valence-electron chi connectivity index (χ4n) is 2.83. The first-order valence-corrected chi connectivity index (χ1v) is 6.97. The highest BCUT2D eigenvalue weighted by molar-refractivity contribution is 5.87. The van der Waals surface area contributed by atoms with Crippen LogP contribution in [0.4, 0.5) is 0 Å². The van der Waals surface area contributed by atoms with E-state index in [0.717, 1.165) is 23.4 Å². The smallest absolute Gasteiger partial charge is 0.229 e. The molecule has 1 N–H and O–H groups in total. The maximum Gasteiger partial charge on any atom is 0.229 e. The third kappa shape index (κ3) is 2.48. The van der Waals surface area contributed by atoms with Crippen LogP contribution in [0.1, 0.15) is 18.4 Å². The number of ether oxygens (including phenoxy) is 1. The summed E-state index contributed by atoms with van der Waals surface area (Å²) in [5, 5.41) is 12.0. The van der Waals surface area contributed by atoms with Crippen molar-refractivity contribution in [3.8, 4) is 5.75 Å². The number of oxime groups is 1. The maximum absolute atomic E-state index is 12.5. The molecule has 1 aromatic rings. The Morgan fingerprint density at radius 1 is 1.30 bits per heavy atom. The molecule has 1 aromatic carbocycles. The fraction of sp³-hybridized carbons (Fsp3) is 0.467. The molecule has 0 bridgehead atoms. The van der Waals surface area contributed by atoms with E-state index in [-0.39, 0.29) is 11.8 Å². The summed E-state index contributed by atoms with van der Waals surface area (Å²) < 4.78 is 5.68. The number of hydrogen-bond donors (Lipinski definition) is 1. The van der Waals surface area contributed by atoms with E-state index < -0.39 is 0 Å². The van der Waals surface area contributed by atoms with Gasteiger partial charge in [0.15, 0.2) is 0 Å².